The number of aliphatic hydroxyl groups excluding tert-OH is 1. The van der Waals surface area contributed by atoms with Crippen LogP contribution >= 0.6 is 0 Å². The summed E-state index contributed by atoms with van der Waals surface area (Å²) in [5, 5.41) is 13.2. The fourth-order valence-corrected chi connectivity index (χ4v) is 2.89. The van der Waals surface area contributed by atoms with Crippen LogP contribution in [0, 0.1) is 12.8 Å². The average molecular weight is 284 g/mol. The Morgan fingerprint density at radius 3 is 3.05 bits per heavy atom. The van der Waals surface area contributed by atoms with Gasteiger partial charge in [-0.05, 0) is 30.5 Å². The quantitative estimate of drug-likeness (QED) is 0.753. The van der Waals surface area contributed by atoms with Crippen LogP contribution in [-0.4, -0.2) is 28.6 Å². The van der Waals surface area contributed by atoms with Crippen molar-refractivity contribution in [3.8, 4) is 0 Å². The number of aromatic amines is 1. The minimum absolute atomic E-state index is 0.0183. The van der Waals surface area contributed by atoms with E-state index in [1.165, 1.54) is 5.56 Å². The van der Waals surface area contributed by atoms with Crippen molar-refractivity contribution in [2.75, 3.05) is 6.61 Å². The highest BCUT2D eigenvalue weighted by molar-refractivity contribution is 5.89. The van der Waals surface area contributed by atoms with Gasteiger partial charge in [-0.1, -0.05) is 24.3 Å². The molecular formula is C17H20N2O2. The van der Waals surface area contributed by atoms with Gasteiger partial charge in [0.05, 0.1) is 6.42 Å². The lowest BCUT2D eigenvalue weighted by Crippen LogP contribution is -2.34. The molecule has 4 nitrogen and oxygen atoms in total. The molecule has 1 aliphatic rings. The zero-order valence-electron chi connectivity index (χ0n) is 12.1. The van der Waals surface area contributed by atoms with Crippen molar-refractivity contribution in [2.45, 2.75) is 25.8 Å². The van der Waals surface area contributed by atoms with Gasteiger partial charge in [0, 0.05) is 35.7 Å². The number of hydrogen-bond donors (Lipinski definition) is 3. The Morgan fingerprint density at radius 1 is 1.43 bits per heavy atom. The van der Waals surface area contributed by atoms with Gasteiger partial charge in [-0.25, -0.2) is 0 Å². The Balaban J connectivity index is 1.65. The number of aromatic nitrogens is 1. The predicted octanol–water partition coefficient (Wildman–Crippen LogP) is 2.07. The molecule has 2 atom stereocenters. The fraction of sp³-hybridized carbons (Fsp3) is 0.353. The summed E-state index contributed by atoms with van der Waals surface area (Å²) in [7, 11) is 0. The molecule has 1 heterocycles. The number of benzene rings is 1. The normalized spacial score (nSPS) is 21.0. The number of H-pyrrole nitrogens is 1. The van der Waals surface area contributed by atoms with Gasteiger partial charge in [-0.2, -0.15) is 0 Å². The van der Waals surface area contributed by atoms with Crippen molar-refractivity contribution in [1.82, 2.24) is 10.3 Å². The van der Waals surface area contributed by atoms with E-state index in [0.717, 1.165) is 22.9 Å². The highest BCUT2D eigenvalue weighted by atomic mass is 16.3. The van der Waals surface area contributed by atoms with Crippen LogP contribution in [0.4, 0.5) is 0 Å². The van der Waals surface area contributed by atoms with Crippen molar-refractivity contribution in [3.63, 3.8) is 0 Å². The molecule has 1 aromatic heterocycles. The van der Waals surface area contributed by atoms with Crippen LogP contribution in [-0.2, 0) is 11.2 Å². The second-order valence-electron chi connectivity index (χ2n) is 5.78. The van der Waals surface area contributed by atoms with Gasteiger partial charge in [0.1, 0.15) is 0 Å². The number of nitrogens with one attached hydrogen (secondary N) is 2. The smallest absolute Gasteiger partial charge is 0.224 e. The Labute approximate surface area is 123 Å². The van der Waals surface area contributed by atoms with Crippen molar-refractivity contribution in [3.05, 3.63) is 47.7 Å². The fourth-order valence-electron chi connectivity index (χ4n) is 2.89. The summed E-state index contributed by atoms with van der Waals surface area (Å²) in [4.78, 5) is 15.4. The first-order valence-corrected chi connectivity index (χ1v) is 7.31. The summed E-state index contributed by atoms with van der Waals surface area (Å²) in [5.74, 6) is 0.191. The Bertz CT molecular complexity index is 687. The molecule has 110 valence electrons. The molecule has 0 unspecified atom stereocenters. The van der Waals surface area contributed by atoms with E-state index in [-0.39, 0.29) is 24.5 Å². The first-order valence-electron chi connectivity index (χ1n) is 7.31. The van der Waals surface area contributed by atoms with Crippen LogP contribution in [0.3, 0.4) is 0 Å². The molecule has 0 saturated heterocycles. The number of carbonyl (C=O) groups is 1. The van der Waals surface area contributed by atoms with Crippen LogP contribution in [0.5, 0.6) is 0 Å². The summed E-state index contributed by atoms with van der Waals surface area (Å²) in [5.41, 5.74) is 3.29. The van der Waals surface area contributed by atoms with E-state index in [4.69, 9.17) is 5.11 Å². The zero-order chi connectivity index (χ0) is 14.8. The molecule has 3 rings (SSSR count). The van der Waals surface area contributed by atoms with E-state index >= 15 is 0 Å². The lowest BCUT2D eigenvalue weighted by atomic mass is 10.1. The van der Waals surface area contributed by atoms with Crippen molar-refractivity contribution in [2.24, 2.45) is 5.92 Å². The number of fused-ring (bicyclic) bond motifs is 1. The molecule has 0 saturated carbocycles. The lowest BCUT2D eigenvalue weighted by Gasteiger charge is -2.12. The molecule has 0 aliphatic heterocycles. The summed E-state index contributed by atoms with van der Waals surface area (Å²) in [6.45, 7) is 2.20. The largest absolute Gasteiger partial charge is 0.396 e. The second-order valence-corrected chi connectivity index (χ2v) is 5.78. The van der Waals surface area contributed by atoms with E-state index in [0.29, 0.717) is 6.42 Å². The molecule has 0 fully saturated rings. The third kappa shape index (κ3) is 3.00. The zero-order valence-corrected chi connectivity index (χ0v) is 12.1. The molecular weight excluding hydrogens is 264 g/mol. The predicted molar refractivity (Wildman–Crippen MR) is 83.0 cm³/mol. The van der Waals surface area contributed by atoms with Crippen LogP contribution < -0.4 is 5.32 Å². The minimum Gasteiger partial charge on any atom is -0.396 e. The van der Waals surface area contributed by atoms with E-state index in [9.17, 15) is 4.79 Å². The van der Waals surface area contributed by atoms with E-state index in [2.05, 4.69) is 35.4 Å². The van der Waals surface area contributed by atoms with Crippen LogP contribution in [0.2, 0.25) is 0 Å². The maximum absolute atomic E-state index is 12.2. The molecule has 1 amide bonds. The number of amides is 1. The molecule has 0 spiro atoms. The van der Waals surface area contributed by atoms with E-state index < -0.39 is 0 Å². The van der Waals surface area contributed by atoms with Gasteiger partial charge in [-0.3, -0.25) is 4.79 Å². The number of aryl methyl sites for hydroxylation is 1. The second kappa shape index (κ2) is 5.74. The topological polar surface area (TPSA) is 65.1 Å². The van der Waals surface area contributed by atoms with Crippen LogP contribution in [0.1, 0.15) is 17.5 Å². The Morgan fingerprint density at radius 2 is 2.29 bits per heavy atom. The standard InChI is InChI=1S/C17H20N2O2/c1-11-2-5-15-13(9-18-16(15)6-11)8-17(21)19-14-4-3-12(7-14)10-20/h2-6,9,12,14,18,20H,7-8,10H2,1H3,(H,19,21)/t12-,14+/m0/s1. The third-order valence-electron chi connectivity index (χ3n) is 4.03. The molecule has 4 heteroatoms. The van der Waals surface area contributed by atoms with Crippen molar-refractivity contribution >= 4 is 16.8 Å². The number of aliphatic hydroxyl groups is 1. The Hall–Kier alpha value is -2.07. The highest BCUT2D eigenvalue weighted by Gasteiger charge is 2.20. The number of rotatable bonds is 4. The molecule has 3 N–H and O–H groups in total. The van der Waals surface area contributed by atoms with Gasteiger partial charge in [0.2, 0.25) is 5.91 Å². The van der Waals surface area contributed by atoms with Gasteiger partial charge in [0.25, 0.3) is 0 Å². The first-order chi connectivity index (χ1) is 10.2. The van der Waals surface area contributed by atoms with Crippen LogP contribution in [0.25, 0.3) is 10.9 Å². The summed E-state index contributed by atoms with van der Waals surface area (Å²) >= 11 is 0. The summed E-state index contributed by atoms with van der Waals surface area (Å²) < 4.78 is 0. The molecule has 0 radical (unpaired) electrons. The molecule has 1 aliphatic carbocycles. The van der Waals surface area contributed by atoms with Gasteiger partial charge >= 0.3 is 0 Å². The SMILES string of the molecule is Cc1ccc2c(CC(=O)N[C@@H]3C=C[C@H](CO)C3)c[nH]c2c1. The van der Waals surface area contributed by atoms with Crippen molar-refractivity contribution in [1.29, 1.82) is 0 Å². The van der Waals surface area contributed by atoms with Gasteiger partial charge in [0.15, 0.2) is 0 Å². The Kier molecular flexibility index (Phi) is 3.80. The average Bonchev–Trinajstić information content (AvgIpc) is 3.06. The molecule has 0 bridgehead atoms. The lowest BCUT2D eigenvalue weighted by molar-refractivity contribution is -0.120. The molecule has 1 aromatic carbocycles. The highest BCUT2D eigenvalue weighted by Crippen LogP contribution is 2.21. The summed E-state index contributed by atoms with van der Waals surface area (Å²) in [6, 6.07) is 6.24. The minimum atomic E-state index is 0.0183. The number of hydrogen-bond acceptors (Lipinski definition) is 2. The van der Waals surface area contributed by atoms with Crippen LogP contribution in [0.15, 0.2) is 36.5 Å². The first kappa shape index (κ1) is 13.9. The summed E-state index contributed by atoms with van der Waals surface area (Å²) in [6.07, 6.45) is 7.01. The van der Waals surface area contributed by atoms with Crippen molar-refractivity contribution < 1.29 is 9.90 Å². The van der Waals surface area contributed by atoms with Gasteiger partial charge < -0.3 is 15.4 Å². The molecule has 2 aromatic rings. The monoisotopic (exact) mass is 284 g/mol. The van der Waals surface area contributed by atoms with E-state index in [1.54, 1.807) is 0 Å². The van der Waals surface area contributed by atoms with E-state index in [1.807, 2.05) is 18.3 Å². The third-order valence-corrected chi connectivity index (χ3v) is 4.03. The maximum atomic E-state index is 12.2. The maximum Gasteiger partial charge on any atom is 0.224 e. The van der Waals surface area contributed by atoms with Gasteiger partial charge in [-0.15, -0.1) is 0 Å². The molecule has 21 heavy (non-hydrogen) atoms. The number of carbonyl (C=O) groups excluding carboxylic acids is 1.